The molecule has 2 aromatic rings. The number of ether oxygens (including phenoxy) is 2. The number of hydrogen-bond donors (Lipinski definition) is 2. The number of fused-ring (bicyclic) bond motifs is 2. The summed E-state index contributed by atoms with van der Waals surface area (Å²) in [5.74, 6) is -0.821. The Hall–Kier alpha value is -3.35. The van der Waals surface area contributed by atoms with E-state index in [2.05, 4.69) is 10.6 Å². The molecule has 3 amide bonds. The molecule has 0 radical (unpaired) electrons. The molecule has 1 aliphatic rings. The van der Waals surface area contributed by atoms with Gasteiger partial charge < -0.3 is 14.8 Å². The van der Waals surface area contributed by atoms with E-state index in [1.807, 2.05) is 31.2 Å². The van der Waals surface area contributed by atoms with Gasteiger partial charge in [-0.15, -0.1) is 0 Å². The molecular weight excluding hydrogens is 360 g/mol. The van der Waals surface area contributed by atoms with E-state index in [1.54, 1.807) is 24.3 Å². The highest BCUT2D eigenvalue weighted by molar-refractivity contribution is 5.96. The second-order valence-corrected chi connectivity index (χ2v) is 6.38. The van der Waals surface area contributed by atoms with Crippen molar-refractivity contribution < 1.29 is 23.9 Å². The zero-order chi connectivity index (χ0) is 19.9. The lowest BCUT2D eigenvalue weighted by atomic mass is 9.88. The Morgan fingerprint density at radius 1 is 1.00 bits per heavy atom. The summed E-state index contributed by atoms with van der Waals surface area (Å²) in [6, 6.07) is 13.8. The highest BCUT2D eigenvalue weighted by Crippen LogP contribution is 2.44. The van der Waals surface area contributed by atoms with E-state index >= 15 is 0 Å². The molecule has 0 unspecified atom stereocenters. The van der Waals surface area contributed by atoms with Crippen LogP contribution in [0, 0.1) is 0 Å². The number of hydrogen-bond acceptors (Lipinski definition) is 5. The van der Waals surface area contributed by atoms with E-state index in [9.17, 15) is 14.4 Å². The fourth-order valence-corrected chi connectivity index (χ4v) is 2.97. The molecule has 1 heterocycles. The van der Waals surface area contributed by atoms with Gasteiger partial charge in [0, 0.05) is 17.7 Å². The minimum absolute atomic E-state index is 0.477. The summed E-state index contributed by atoms with van der Waals surface area (Å²) < 4.78 is 11.0. The largest absolute Gasteiger partial charge is 0.457 e. The lowest BCUT2D eigenvalue weighted by Crippen LogP contribution is -2.42. The van der Waals surface area contributed by atoms with E-state index in [0.29, 0.717) is 29.2 Å². The molecule has 146 valence electrons. The average molecular weight is 382 g/mol. The number of unbranched alkanes of at least 4 members (excludes halogenated alkanes) is 1. The van der Waals surface area contributed by atoms with Crippen LogP contribution in [0.4, 0.5) is 4.79 Å². The molecule has 0 saturated heterocycles. The van der Waals surface area contributed by atoms with Crippen molar-refractivity contribution in [2.45, 2.75) is 25.7 Å². The predicted molar refractivity (Wildman–Crippen MR) is 102 cm³/mol. The van der Waals surface area contributed by atoms with Crippen molar-refractivity contribution in [1.82, 2.24) is 10.6 Å². The van der Waals surface area contributed by atoms with Crippen LogP contribution in [-0.4, -0.2) is 31.1 Å². The molecule has 0 spiro atoms. The maximum Gasteiger partial charge on any atom is 0.321 e. The zero-order valence-electron chi connectivity index (χ0n) is 15.6. The second-order valence-electron chi connectivity index (χ2n) is 6.38. The molecule has 7 heteroatoms. The molecule has 3 rings (SSSR count). The lowest BCUT2D eigenvalue weighted by molar-refractivity contribution is -0.149. The third-order valence-electron chi connectivity index (χ3n) is 4.33. The second kappa shape index (κ2) is 9.03. The van der Waals surface area contributed by atoms with Gasteiger partial charge in [-0.3, -0.25) is 14.9 Å². The van der Waals surface area contributed by atoms with Gasteiger partial charge in [0.1, 0.15) is 17.4 Å². The molecule has 1 aliphatic heterocycles. The van der Waals surface area contributed by atoms with Gasteiger partial charge in [-0.2, -0.15) is 0 Å². The number of urea groups is 1. The van der Waals surface area contributed by atoms with Crippen molar-refractivity contribution in [2.75, 3.05) is 13.2 Å². The van der Waals surface area contributed by atoms with Crippen LogP contribution >= 0.6 is 0 Å². The van der Waals surface area contributed by atoms with Crippen molar-refractivity contribution in [3.05, 3.63) is 59.7 Å². The highest BCUT2D eigenvalue weighted by atomic mass is 16.5. The summed E-state index contributed by atoms with van der Waals surface area (Å²) in [5.41, 5.74) is 1.34. The monoisotopic (exact) mass is 382 g/mol. The number of carbonyl (C=O) groups excluding carboxylic acids is 3. The number of benzene rings is 2. The predicted octanol–water partition coefficient (Wildman–Crippen LogP) is 3.09. The normalized spacial score (nSPS) is 12.2. The standard InChI is InChI=1S/C21H22N2O5/c1-2-3-12-22-21(26)23-18(24)13-27-20(25)19-14-8-4-6-10-16(14)28-17-11-7-5-9-15(17)19/h4-11,19H,2-3,12-13H2,1H3,(H2,22,23,24,26). The molecular formula is C21H22N2O5. The summed E-state index contributed by atoms with van der Waals surface area (Å²) in [4.78, 5) is 36.3. The quantitative estimate of drug-likeness (QED) is 0.591. The number of para-hydroxylation sites is 2. The molecule has 2 aromatic carbocycles. The first kappa shape index (κ1) is 19.4. The maximum absolute atomic E-state index is 12.8. The van der Waals surface area contributed by atoms with Crippen LogP contribution in [0.5, 0.6) is 11.5 Å². The Morgan fingerprint density at radius 2 is 1.61 bits per heavy atom. The van der Waals surface area contributed by atoms with E-state index in [4.69, 9.17) is 9.47 Å². The van der Waals surface area contributed by atoms with Gasteiger partial charge in [-0.25, -0.2) is 4.79 Å². The molecule has 0 saturated carbocycles. The van der Waals surface area contributed by atoms with Crippen molar-refractivity contribution in [3.63, 3.8) is 0 Å². The SMILES string of the molecule is CCCCNC(=O)NC(=O)COC(=O)C1c2ccccc2Oc2ccccc21. The fraction of sp³-hybridized carbons (Fsp3) is 0.286. The lowest BCUT2D eigenvalue weighted by Gasteiger charge is -2.26. The Morgan fingerprint density at radius 3 is 2.21 bits per heavy atom. The van der Waals surface area contributed by atoms with Crippen LogP contribution < -0.4 is 15.4 Å². The first-order chi connectivity index (χ1) is 13.6. The Bertz CT molecular complexity index is 835. The van der Waals surface area contributed by atoms with Gasteiger partial charge in [0.25, 0.3) is 5.91 Å². The summed E-state index contributed by atoms with van der Waals surface area (Å²) in [7, 11) is 0. The minimum atomic E-state index is -0.702. The van der Waals surface area contributed by atoms with Crippen LogP contribution in [-0.2, 0) is 14.3 Å². The van der Waals surface area contributed by atoms with Crippen molar-refractivity contribution >= 4 is 17.9 Å². The Kier molecular flexibility index (Phi) is 6.26. The smallest absolute Gasteiger partial charge is 0.321 e. The van der Waals surface area contributed by atoms with Crippen LogP contribution in [0.3, 0.4) is 0 Å². The molecule has 7 nitrogen and oxygen atoms in total. The van der Waals surface area contributed by atoms with Crippen LogP contribution in [0.25, 0.3) is 0 Å². The van der Waals surface area contributed by atoms with Crippen molar-refractivity contribution in [1.29, 1.82) is 0 Å². The molecule has 0 atom stereocenters. The van der Waals surface area contributed by atoms with Crippen LogP contribution in [0.15, 0.2) is 48.5 Å². The molecule has 0 fully saturated rings. The van der Waals surface area contributed by atoms with Gasteiger partial charge in [0.05, 0.1) is 0 Å². The van der Waals surface area contributed by atoms with Gasteiger partial charge in [-0.1, -0.05) is 49.7 Å². The Balaban J connectivity index is 1.65. The summed E-state index contributed by atoms with van der Waals surface area (Å²) in [5, 5.41) is 4.71. The number of amides is 3. The first-order valence-corrected chi connectivity index (χ1v) is 9.20. The molecule has 0 aliphatic carbocycles. The number of esters is 1. The fourth-order valence-electron chi connectivity index (χ4n) is 2.97. The van der Waals surface area contributed by atoms with Crippen LogP contribution in [0.1, 0.15) is 36.8 Å². The summed E-state index contributed by atoms with van der Waals surface area (Å²) in [6.45, 7) is 1.93. The van der Waals surface area contributed by atoms with Gasteiger partial charge in [-0.05, 0) is 18.6 Å². The molecule has 28 heavy (non-hydrogen) atoms. The molecule has 0 aromatic heterocycles. The topological polar surface area (TPSA) is 93.7 Å². The molecule has 0 bridgehead atoms. The highest BCUT2D eigenvalue weighted by Gasteiger charge is 2.33. The number of imide groups is 1. The van der Waals surface area contributed by atoms with E-state index in [0.717, 1.165) is 12.8 Å². The number of carbonyl (C=O) groups is 3. The first-order valence-electron chi connectivity index (χ1n) is 9.20. The average Bonchev–Trinajstić information content (AvgIpc) is 2.70. The zero-order valence-corrected chi connectivity index (χ0v) is 15.6. The maximum atomic E-state index is 12.8. The van der Waals surface area contributed by atoms with Crippen LogP contribution in [0.2, 0.25) is 0 Å². The summed E-state index contributed by atoms with van der Waals surface area (Å²) in [6.07, 6.45) is 1.75. The van der Waals surface area contributed by atoms with E-state index in [-0.39, 0.29) is 0 Å². The van der Waals surface area contributed by atoms with Crippen molar-refractivity contribution in [2.24, 2.45) is 0 Å². The van der Waals surface area contributed by atoms with E-state index in [1.165, 1.54) is 0 Å². The van der Waals surface area contributed by atoms with Gasteiger partial charge >= 0.3 is 12.0 Å². The third kappa shape index (κ3) is 4.49. The molecule has 2 N–H and O–H groups in total. The van der Waals surface area contributed by atoms with E-state index < -0.39 is 30.4 Å². The third-order valence-corrected chi connectivity index (χ3v) is 4.33. The number of rotatable bonds is 6. The summed E-state index contributed by atoms with van der Waals surface area (Å²) >= 11 is 0. The van der Waals surface area contributed by atoms with Gasteiger partial charge in [0.2, 0.25) is 0 Å². The van der Waals surface area contributed by atoms with Gasteiger partial charge in [0.15, 0.2) is 6.61 Å². The van der Waals surface area contributed by atoms with Crippen molar-refractivity contribution in [3.8, 4) is 11.5 Å². The number of nitrogens with one attached hydrogen (secondary N) is 2. The minimum Gasteiger partial charge on any atom is -0.457 e. The Labute approximate surface area is 163 Å².